The lowest BCUT2D eigenvalue weighted by Crippen LogP contribution is -2.35. The highest BCUT2D eigenvalue weighted by Crippen LogP contribution is 2.15. The van der Waals surface area contributed by atoms with E-state index in [-0.39, 0.29) is 17.5 Å². The Labute approximate surface area is 95.0 Å². The van der Waals surface area contributed by atoms with Gasteiger partial charge in [0.05, 0.1) is 5.56 Å². The summed E-state index contributed by atoms with van der Waals surface area (Å²) in [6.07, 6.45) is 0.826. The molecule has 0 spiro atoms. The third kappa shape index (κ3) is 2.51. The first-order valence-corrected chi connectivity index (χ1v) is 5.29. The third-order valence-corrected chi connectivity index (χ3v) is 2.79. The summed E-state index contributed by atoms with van der Waals surface area (Å²) in [6.45, 7) is 3.90. The van der Waals surface area contributed by atoms with Crippen LogP contribution in [-0.2, 0) is 0 Å². The highest BCUT2D eigenvalue weighted by atomic mass is 19.1. The minimum atomic E-state index is -0.533. The molecule has 1 rings (SSSR count). The van der Waals surface area contributed by atoms with Crippen LogP contribution in [0.3, 0.4) is 0 Å². The first-order chi connectivity index (χ1) is 7.47. The first-order valence-electron chi connectivity index (χ1n) is 5.29. The van der Waals surface area contributed by atoms with E-state index in [0.29, 0.717) is 5.69 Å². The van der Waals surface area contributed by atoms with Gasteiger partial charge in [-0.2, -0.15) is 0 Å². The number of carbonyl (C=O) groups is 1. The number of rotatable bonds is 3. The maximum atomic E-state index is 13.4. The van der Waals surface area contributed by atoms with E-state index in [9.17, 15) is 9.18 Å². The van der Waals surface area contributed by atoms with Crippen LogP contribution in [0.25, 0.3) is 0 Å². The topological polar surface area (TPSA) is 46.3 Å². The van der Waals surface area contributed by atoms with Crippen molar-refractivity contribution in [3.8, 4) is 0 Å². The molecule has 16 heavy (non-hydrogen) atoms. The van der Waals surface area contributed by atoms with Gasteiger partial charge in [-0.15, -0.1) is 0 Å². The fourth-order valence-electron chi connectivity index (χ4n) is 1.37. The molecule has 0 saturated heterocycles. The van der Waals surface area contributed by atoms with Crippen LogP contribution in [-0.4, -0.2) is 23.9 Å². The molecule has 1 atom stereocenters. The molecule has 0 aliphatic heterocycles. The first kappa shape index (κ1) is 12.5. The van der Waals surface area contributed by atoms with Gasteiger partial charge in [-0.25, -0.2) is 4.39 Å². The summed E-state index contributed by atoms with van der Waals surface area (Å²) in [4.78, 5) is 13.5. The van der Waals surface area contributed by atoms with Crippen LogP contribution >= 0.6 is 0 Å². The number of amides is 1. The molecule has 0 aromatic heterocycles. The molecule has 3 nitrogen and oxygen atoms in total. The van der Waals surface area contributed by atoms with E-state index < -0.39 is 5.82 Å². The minimum Gasteiger partial charge on any atom is -0.399 e. The zero-order valence-corrected chi connectivity index (χ0v) is 9.83. The van der Waals surface area contributed by atoms with E-state index in [0.717, 1.165) is 6.42 Å². The molecule has 2 N–H and O–H groups in total. The molecule has 0 heterocycles. The van der Waals surface area contributed by atoms with Crippen molar-refractivity contribution in [2.24, 2.45) is 0 Å². The lowest BCUT2D eigenvalue weighted by Gasteiger charge is -2.24. The van der Waals surface area contributed by atoms with Crippen molar-refractivity contribution in [3.05, 3.63) is 29.6 Å². The van der Waals surface area contributed by atoms with Crippen molar-refractivity contribution < 1.29 is 9.18 Å². The molecule has 4 heteroatoms. The number of hydrogen-bond donors (Lipinski definition) is 1. The Balaban J connectivity index is 3.00. The van der Waals surface area contributed by atoms with E-state index in [1.54, 1.807) is 7.05 Å². The van der Waals surface area contributed by atoms with Crippen molar-refractivity contribution >= 4 is 11.6 Å². The molecule has 88 valence electrons. The molecular weight excluding hydrogens is 207 g/mol. The Morgan fingerprint density at radius 2 is 2.19 bits per heavy atom. The molecule has 1 aromatic carbocycles. The summed E-state index contributed by atoms with van der Waals surface area (Å²) >= 11 is 0. The number of anilines is 1. The number of carbonyl (C=O) groups excluding carboxylic acids is 1. The van der Waals surface area contributed by atoms with Gasteiger partial charge in [0.2, 0.25) is 0 Å². The number of benzene rings is 1. The monoisotopic (exact) mass is 224 g/mol. The summed E-state index contributed by atoms with van der Waals surface area (Å²) in [7, 11) is 1.67. The highest BCUT2D eigenvalue weighted by molar-refractivity contribution is 5.95. The van der Waals surface area contributed by atoms with Gasteiger partial charge in [0.15, 0.2) is 0 Å². The fourth-order valence-corrected chi connectivity index (χ4v) is 1.37. The van der Waals surface area contributed by atoms with E-state index >= 15 is 0 Å². The van der Waals surface area contributed by atoms with Gasteiger partial charge in [0.25, 0.3) is 5.91 Å². The van der Waals surface area contributed by atoms with Crippen LogP contribution in [0, 0.1) is 5.82 Å². The van der Waals surface area contributed by atoms with Crippen LogP contribution in [0.2, 0.25) is 0 Å². The van der Waals surface area contributed by atoms with Crippen LogP contribution in [0.1, 0.15) is 30.6 Å². The average Bonchev–Trinajstić information content (AvgIpc) is 2.29. The summed E-state index contributed by atoms with van der Waals surface area (Å²) in [5, 5.41) is 0. The molecule has 0 saturated carbocycles. The standard InChI is InChI=1S/C12H17FN2O/c1-4-8(2)15(3)12(16)10-7-9(14)5-6-11(10)13/h5-8H,4,14H2,1-3H3. The molecule has 0 radical (unpaired) electrons. The summed E-state index contributed by atoms with van der Waals surface area (Å²) < 4.78 is 13.4. The second-order valence-electron chi connectivity index (χ2n) is 3.91. The number of halogens is 1. The third-order valence-electron chi connectivity index (χ3n) is 2.79. The van der Waals surface area contributed by atoms with Crippen molar-refractivity contribution in [1.82, 2.24) is 4.90 Å². The van der Waals surface area contributed by atoms with E-state index in [1.165, 1.54) is 23.1 Å². The predicted molar refractivity (Wildman–Crippen MR) is 62.7 cm³/mol. The smallest absolute Gasteiger partial charge is 0.256 e. The molecule has 1 amide bonds. The van der Waals surface area contributed by atoms with E-state index in [1.807, 2.05) is 13.8 Å². The lowest BCUT2D eigenvalue weighted by molar-refractivity contribution is 0.0736. The van der Waals surface area contributed by atoms with Crippen molar-refractivity contribution in [3.63, 3.8) is 0 Å². The summed E-state index contributed by atoms with van der Waals surface area (Å²) in [6, 6.07) is 4.10. The molecular formula is C12H17FN2O. The van der Waals surface area contributed by atoms with Crippen LogP contribution in [0.4, 0.5) is 10.1 Å². The van der Waals surface area contributed by atoms with Crippen LogP contribution in [0.5, 0.6) is 0 Å². The van der Waals surface area contributed by atoms with Gasteiger partial charge in [0.1, 0.15) is 5.82 Å². The Hall–Kier alpha value is -1.58. The van der Waals surface area contributed by atoms with Crippen LogP contribution in [0.15, 0.2) is 18.2 Å². The molecule has 1 unspecified atom stereocenters. The lowest BCUT2D eigenvalue weighted by atomic mass is 10.1. The van der Waals surface area contributed by atoms with E-state index in [2.05, 4.69) is 0 Å². The number of nitrogen functional groups attached to an aromatic ring is 1. The molecule has 0 bridgehead atoms. The van der Waals surface area contributed by atoms with Crippen molar-refractivity contribution in [1.29, 1.82) is 0 Å². The Morgan fingerprint density at radius 3 is 2.75 bits per heavy atom. The van der Waals surface area contributed by atoms with Crippen molar-refractivity contribution in [2.45, 2.75) is 26.3 Å². The number of nitrogens with zero attached hydrogens (tertiary/aromatic N) is 1. The van der Waals surface area contributed by atoms with Gasteiger partial charge >= 0.3 is 0 Å². The zero-order chi connectivity index (χ0) is 12.3. The highest BCUT2D eigenvalue weighted by Gasteiger charge is 2.19. The zero-order valence-electron chi connectivity index (χ0n) is 9.83. The number of hydrogen-bond acceptors (Lipinski definition) is 2. The van der Waals surface area contributed by atoms with E-state index in [4.69, 9.17) is 5.73 Å². The van der Waals surface area contributed by atoms with Gasteiger partial charge in [-0.1, -0.05) is 6.92 Å². The SMILES string of the molecule is CCC(C)N(C)C(=O)c1cc(N)ccc1F. The number of nitrogens with two attached hydrogens (primary N) is 1. The second-order valence-corrected chi connectivity index (χ2v) is 3.91. The maximum absolute atomic E-state index is 13.4. The van der Waals surface area contributed by atoms with Gasteiger partial charge < -0.3 is 10.6 Å². The Bertz CT molecular complexity index is 393. The average molecular weight is 224 g/mol. The molecule has 0 fully saturated rings. The van der Waals surface area contributed by atoms with Gasteiger partial charge in [-0.3, -0.25) is 4.79 Å². The fraction of sp³-hybridized carbons (Fsp3) is 0.417. The van der Waals surface area contributed by atoms with Gasteiger partial charge in [0, 0.05) is 18.8 Å². The van der Waals surface area contributed by atoms with Gasteiger partial charge in [-0.05, 0) is 31.5 Å². The summed E-state index contributed by atoms with van der Waals surface area (Å²) in [5.74, 6) is -0.867. The predicted octanol–water partition coefficient (Wildman–Crippen LogP) is 2.28. The normalized spacial score (nSPS) is 12.2. The Morgan fingerprint density at radius 1 is 1.56 bits per heavy atom. The summed E-state index contributed by atoms with van der Waals surface area (Å²) in [5.41, 5.74) is 5.96. The van der Waals surface area contributed by atoms with Crippen molar-refractivity contribution in [2.75, 3.05) is 12.8 Å². The molecule has 0 aliphatic carbocycles. The Kier molecular flexibility index (Phi) is 3.88. The van der Waals surface area contributed by atoms with Crippen LogP contribution < -0.4 is 5.73 Å². The molecule has 0 aliphatic rings. The molecule has 1 aromatic rings. The maximum Gasteiger partial charge on any atom is 0.256 e. The largest absolute Gasteiger partial charge is 0.399 e. The minimum absolute atomic E-state index is 0.0304. The second kappa shape index (κ2) is 4.96. The quantitative estimate of drug-likeness (QED) is 0.801.